The topological polar surface area (TPSA) is 49.3 Å². The van der Waals surface area contributed by atoms with E-state index in [-0.39, 0.29) is 42.0 Å². The molecule has 1 atom stereocenters. The molecule has 1 rings (SSSR count). The molecule has 1 aliphatic rings. The molecule has 78 valence electrons. The quantitative estimate of drug-likeness (QED) is 0.682. The van der Waals surface area contributed by atoms with E-state index < -0.39 is 5.97 Å². The second kappa shape index (κ2) is 7.69. The molecule has 0 bridgehead atoms. The average molecular weight is 209 g/mol. The number of carbonyl (C=O) groups is 1. The van der Waals surface area contributed by atoms with Crippen molar-refractivity contribution in [3.8, 4) is 0 Å². The Kier molecular flexibility index (Phi) is 7.92. The molecule has 0 aliphatic heterocycles. The molecule has 0 radical (unpaired) electrons. The number of hydrogen-bond acceptors (Lipinski definition) is 2. The van der Waals surface area contributed by atoms with Crippen molar-refractivity contribution in [2.75, 3.05) is 0 Å². The van der Waals surface area contributed by atoms with Crippen LogP contribution in [0.5, 0.6) is 0 Å². The molecule has 0 amide bonds. The summed E-state index contributed by atoms with van der Waals surface area (Å²) in [5.41, 5.74) is 0. The number of rotatable bonds is 4. The number of aliphatic carboxylic acids is 1. The van der Waals surface area contributed by atoms with Crippen LogP contribution in [0.2, 0.25) is 0 Å². The molecule has 1 unspecified atom stereocenters. The molecule has 4 heteroatoms. The van der Waals surface area contributed by atoms with Crippen molar-refractivity contribution in [1.82, 2.24) is 5.32 Å². The zero-order valence-corrected chi connectivity index (χ0v) is 8.25. The van der Waals surface area contributed by atoms with Gasteiger partial charge in [0.15, 0.2) is 0 Å². The summed E-state index contributed by atoms with van der Waals surface area (Å²) in [6.45, 7) is 1.95. The minimum absolute atomic E-state index is 0. The summed E-state index contributed by atoms with van der Waals surface area (Å²) in [5, 5.41) is 11.9. The zero-order chi connectivity index (χ0) is 9.68. The summed E-state index contributed by atoms with van der Waals surface area (Å²) < 4.78 is 0. The van der Waals surface area contributed by atoms with Crippen molar-refractivity contribution in [1.29, 1.82) is 0 Å². The van der Waals surface area contributed by atoms with E-state index in [0.29, 0.717) is 6.04 Å². The summed E-state index contributed by atoms with van der Waals surface area (Å²) in [7, 11) is 0. The van der Waals surface area contributed by atoms with Crippen molar-refractivity contribution in [3.05, 3.63) is 0 Å². The number of carboxylic acids is 1. The third kappa shape index (κ3) is 6.02. The molecular formula is C10H20NNaO2. The summed E-state index contributed by atoms with van der Waals surface area (Å²) in [6.07, 6.45) is 6.57. The first kappa shape index (κ1) is 14.4. The summed E-state index contributed by atoms with van der Waals surface area (Å²) in [5.74, 6) is -0.712. The van der Waals surface area contributed by atoms with E-state index in [0.717, 1.165) is 0 Å². The Bertz CT molecular complexity index is 170. The van der Waals surface area contributed by atoms with Gasteiger partial charge in [-0.2, -0.15) is 0 Å². The first-order valence-electron chi connectivity index (χ1n) is 5.16. The molecule has 0 aromatic carbocycles. The van der Waals surface area contributed by atoms with E-state index in [1.807, 2.05) is 6.92 Å². The number of carboxylic acid groups (broad SMARTS) is 1. The SMILES string of the molecule is CC(CC(=O)O)NC1CCCCC1.[NaH]. The molecule has 2 N–H and O–H groups in total. The van der Waals surface area contributed by atoms with E-state index in [2.05, 4.69) is 5.32 Å². The predicted octanol–water partition coefficient (Wildman–Crippen LogP) is 1.12. The first-order chi connectivity index (χ1) is 6.18. The van der Waals surface area contributed by atoms with E-state index in [1.165, 1.54) is 32.1 Å². The second-order valence-electron chi connectivity index (χ2n) is 4.00. The third-order valence-corrected chi connectivity index (χ3v) is 2.61. The van der Waals surface area contributed by atoms with Gasteiger partial charge in [-0.1, -0.05) is 19.3 Å². The fourth-order valence-corrected chi connectivity index (χ4v) is 1.99. The van der Waals surface area contributed by atoms with E-state index in [9.17, 15) is 4.79 Å². The molecule has 0 heterocycles. The molecule has 0 saturated heterocycles. The fourth-order valence-electron chi connectivity index (χ4n) is 1.99. The van der Waals surface area contributed by atoms with Gasteiger partial charge in [0.2, 0.25) is 0 Å². The van der Waals surface area contributed by atoms with Crippen LogP contribution in [0, 0.1) is 0 Å². The van der Waals surface area contributed by atoms with Gasteiger partial charge in [-0.3, -0.25) is 4.79 Å². The molecule has 0 aromatic heterocycles. The minimum atomic E-state index is -0.712. The summed E-state index contributed by atoms with van der Waals surface area (Å²) in [4.78, 5) is 10.4. The van der Waals surface area contributed by atoms with Crippen LogP contribution in [-0.4, -0.2) is 52.7 Å². The van der Waals surface area contributed by atoms with Gasteiger partial charge in [-0.05, 0) is 19.8 Å². The van der Waals surface area contributed by atoms with Gasteiger partial charge in [-0.25, -0.2) is 0 Å². The first-order valence-corrected chi connectivity index (χ1v) is 5.16. The van der Waals surface area contributed by atoms with Crippen molar-refractivity contribution in [2.24, 2.45) is 0 Å². The molecular weight excluding hydrogens is 189 g/mol. The predicted molar refractivity (Wildman–Crippen MR) is 58.9 cm³/mol. The molecule has 0 spiro atoms. The molecule has 1 saturated carbocycles. The summed E-state index contributed by atoms with van der Waals surface area (Å²) >= 11 is 0. The normalized spacial score (nSPS) is 19.8. The van der Waals surface area contributed by atoms with Crippen LogP contribution in [0.25, 0.3) is 0 Å². The zero-order valence-electron chi connectivity index (χ0n) is 8.25. The Morgan fingerprint density at radius 3 is 2.50 bits per heavy atom. The molecule has 1 aliphatic carbocycles. The Morgan fingerprint density at radius 2 is 2.00 bits per heavy atom. The maximum absolute atomic E-state index is 10.4. The van der Waals surface area contributed by atoms with Crippen LogP contribution in [0.3, 0.4) is 0 Å². The van der Waals surface area contributed by atoms with Gasteiger partial charge in [0.05, 0.1) is 6.42 Å². The number of nitrogens with one attached hydrogen (secondary N) is 1. The van der Waals surface area contributed by atoms with Gasteiger partial charge in [0, 0.05) is 12.1 Å². The van der Waals surface area contributed by atoms with Crippen molar-refractivity contribution >= 4 is 35.5 Å². The van der Waals surface area contributed by atoms with Crippen LogP contribution in [0.1, 0.15) is 45.4 Å². The average Bonchev–Trinajstić information content (AvgIpc) is 2.04. The van der Waals surface area contributed by atoms with Crippen molar-refractivity contribution < 1.29 is 9.90 Å². The summed E-state index contributed by atoms with van der Waals surface area (Å²) in [6, 6.07) is 0.670. The molecule has 0 aromatic rings. The van der Waals surface area contributed by atoms with Crippen LogP contribution in [0.4, 0.5) is 0 Å². The van der Waals surface area contributed by atoms with Crippen LogP contribution >= 0.6 is 0 Å². The van der Waals surface area contributed by atoms with Crippen LogP contribution in [0.15, 0.2) is 0 Å². The van der Waals surface area contributed by atoms with Crippen LogP contribution in [-0.2, 0) is 4.79 Å². The standard InChI is InChI=1S/C10H19NO2.Na.H/c1-8(7-10(12)13)11-9-5-3-2-4-6-9;;/h8-9,11H,2-7H2,1H3,(H,12,13);;. The molecule has 1 fully saturated rings. The van der Waals surface area contributed by atoms with Crippen LogP contribution < -0.4 is 5.32 Å². The fraction of sp³-hybridized carbons (Fsp3) is 0.900. The molecule has 3 nitrogen and oxygen atoms in total. The van der Waals surface area contributed by atoms with E-state index in [4.69, 9.17) is 5.11 Å². The third-order valence-electron chi connectivity index (χ3n) is 2.61. The van der Waals surface area contributed by atoms with E-state index in [1.54, 1.807) is 0 Å². The van der Waals surface area contributed by atoms with Crippen molar-refractivity contribution in [3.63, 3.8) is 0 Å². The maximum atomic E-state index is 10.4. The Balaban J connectivity index is 0.00000169. The Hall–Kier alpha value is 0.430. The van der Waals surface area contributed by atoms with Gasteiger partial charge < -0.3 is 10.4 Å². The van der Waals surface area contributed by atoms with Gasteiger partial charge in [0.1, 0.15) is 0 Å². The Labute approximate surface area is 108 Å². The van der Waals surface area contributed by atoms with Gasteiger partial charge >= 0.3 is 35.5 Å². The second-order valence-corrected chi connectivity index (χ2v) is 4.00. The van der Waals surface area contributed by atoms with Gasteiger partial charge in [0.25, 0.3) is 0 Å². The number of hydrogen-bond donors (Lipinski definition) is 2. The van der Waals surface area contributed by atoms with Crippen molar-refractivity contribution in [2.45, 2.75) is 57.5 Å². The van der Waals surface area contributed by atoms with Gasteiger partial charge in [-0.15, -0.1) is 0 Å². The molecule has 14 heavy (non-hydrogen) atoms. The monoisotopic (exact) mass is 209 g/mol. The Morgan fingerprint density at radius 1 is 1.43 bits per heavy atom. The van der Waals surface area contributed by atoms with E-state index >= 15 is 0 Å².